The number of hydrogen-bond acceptors (Lipinski definition) is 1. The van der Waals surface area contributed by atoms with Gasteiger partial charge in [0.2, 0.25) is 0 Å². The molecule has 1 aromatic carbocycles. The van der Waals surface area contributed by atoms with Crippen LogP contribution in [0.3, 0.4) is 0 Å². The Morgan fingerprint density at radius 2 is 1.83 bits per heavy atom. The van der Waals surface area contributed by atoms with E-state index in [-0.39, 0.29) is 5.82 Å². The first kappa shape index (κ1) is 15.2. The van der Waals surface area contributed by atoms with E-state index in [1.165, 1.54) is 32.1 Å². The van der Waals surface area contributed by atoms with Gasteiger partial charge in [0, 0.05) is 6.04 Å². The van der Waals surface area contributed by atoms with E-state index in [9.17, 15) is 4.39 Å². The van der Waals surface area contributed by atoms with E-state index in [1.54, 1.807) is 12.1 Å². The molecule has 0 aliphatic rings. The monoisotopic (exact) mass is 251 g/mol. The summed E-state index contributed by atoms with van der Waals surface area (Å²) >= 11 is 0. The van der Waals surface area contributed by atoms with Crippen molar-refractivity contribution < 1.29 is 4.39 Å². The van der Waals surface area contributed by atoms with Gasteiger partial charge in [-0.3, -0.25) is 0 Å². The number of benzene rings is 1. The summed E-state index contributed by atoms with van der Waals surface area (Å²) in [6, 6.07) is 7.48. The zero-order chi connectivity index (χ0) is 13.2. The summed E-state index contributed by atoms with van der Waals surface area (Å²) in [7, 11) is 1.97. The summed E-state index contributed by atoms with van der Waals surface area (Å²) < 4.78 is 13.5. The molecule has 0 spiro atoms. The predicted molar refractivity (Wildman–Crippen MR) is 76.3 cm³/mol. The van der Waals surface area contributed by atoms with Crippen molar-refractivity contribution in [2.75, 3.05) is 7.05 Å². The van der Waals surface area contributed by atoms with Gasteiger partial charge < -0.3 is 5.32 Å². The van der Waals surface area contributed by atoms with Crippen LogP contribution in [0.25, 0.3) is 0 Å². The van der Waals surface area contributed by atoms with E-state index in [1.807, 2.05) is 19.2 Å². The van der Waals surface area contributed by atoms with Crippen molar-refractivity contribution >= 4 is 0 Å². The minimum absolute atomic E-state index is 0.0799. The Labute approximate surface area is 111 Å². The molecule has 0 bridgehead atoms. The van der Waals surface area contributed by atoms with Crippen molar-refractivity contribution in [1.82, 2.24) is 5.32 Å². The largest absolute Gasteiger partial charge is 0.317 e. The molecule has 1 N–H and O–H groups in total. The van der Waals surface area contributed by atoms with Crippen molar-refractivity contribution in [1.29, 1.82) is 0 Å². The van der Waals surface area contributed by atoms with E-state index >= 15 is 0 Å². The molecule has 1 atom stereocenters. The summed E-state index contributed by atoms with van der Waals surface area (Å²) in [6.45, 7) is 2.23. The van der Waals surface area contributed by atoms with Crippen LogP contribution >= 0.6 is 0 Å². The lowest BCUT2D eigenvalue weighted by Gasteiger charge is -2.16. The van der Waals surface area contributed by atoms with Gasteiger partial charge in [-0.1, -0.05) is 57.2 Å². The normalized spacial score (nSPS) is 12.6. The summed E-state index contributed by atoms with van der Waals surface area (Å²) in [5.41, 5.74) is 0.824. The molecule has 1 nitrogen and oxygen atoms in total. The fraction of sp³-hybridized carbons (Fsp3) is 0.625. The van der Waals surface area contributed by atoms with Crippen molar-refractivity contribution in [2.45, 2.75) is 57.9 Å². The molecule has 0 aromatic heterocycles. The van der Waals surface area contributed by atoms with Crippen molar-refractivity contribution in [2.24, 2.45) is 0 Å². The number of nitrogens with one attached hydrogen (secondary N) is 1. The van der Waals surface area contributed by atoms with Crippen LogP contribution in [0.15, 0.2) is 24.3 Å². The zero-order valence-corrected chi connectivity index (χ0v) is 11.7. The van der Waals surface area contributed by atoms with Gasteiger partial charge in [0.25, 0.3) is 0 Å². The number of halogens is 1. The molecule has 0 radical (unpaired) electrons. The Morgan fingerprint density at radius 3 is 2.50 bits per heavy atom. The van der Waals surface area contributed by atoms with E-state index in [4.69, 9.17) is 0 Å². The number of hydrogen-bond donors (Lipinski definition) is 1. The standard InChI is InChI=1S/C16H26FN/c1-3-4-5-6-7-11-15(18-2)13-14-10-8-9-12-16(14)17/h8-10,12,15,18H,3-7,11,13H2,1-2H3. The molecule has 102 valence electrons. The van der Waals surface area contributed by atoms with Gasteiger partial charge in [-0.15, -0.1) is 0 Å². The third kappa shape index (κ3) is 5.63. The fourth-order valence-corrected chi connectivity index (χ4v) is 2.27. The maximum absolute atomic E-state index is 13.5. The molecular weight excluding hydrogens is 225 g/mol. The minimum atomic E-state index is -0.0799. The quantitative estimate of drug-likeness (QED) is 0.645. The Bertz CT molecular complexity index is 325. The lowest BCUT2D eigenvalue weighted by atomic mass is 9.99. The molecule has 1 aromatic rings. The summed E-state index contributed by atoms with van der Waals surface area (Å²) in [5, 5.41) is 3.30. The average molecular weight is 251 g/mol. The van der Waals surface area contributed by atoms with Gasteiger partial charge in [-0.2, -0.15) is 0 Å². The number of rotatable bonds is 9. The first-order chi connectivity index (χ1) is 8.77. The molecule has 0 saturated carbocycles. The van der Waals surface area contributed by atoms with Crippen LogP contribution in [0, 0.1) is 5.82 Å². The SMILES string of the molecule is CCCCCCCC(Cc1ccccc1F)NC. The van der Waals surface area contributed by atoms with Crippen molar-refractivity contribution in [3.05, 3.63) is 35.6 Å². The molecule has 0 fully saturated rings. The van der Waals surface area contributed by atoms with Gasteiger partial charge in [-0.25, -0.2) is 4.39 Å². The Balaban J connectivity index is 2.31. The van der Waals surface area contributed by atoms with E-state index in [0.717, 1.165) is 18.4 Å². The molecule has 0 aliphatic carbocycles. The molecule has 0 amide bonds. The number of likely N-dealkylation sites (N-methyl/N-ethyl adjacent to an activating group) is 1. The highest BCUT2D eigenvalue weighted by Crippen LogP contribution is 2.13. The molecule has 1 rings (SSSR count). The fourth-order valence-electron chi connectivity index (χ4n) is 2.27. The lowest BCUT2D eigenvalue weighted by Crippen LogP contribution is -2.27. The topological polar surface area (TPSA) is 12.0 Å². The van der Waals surface area contributed by atoms with Crippen LogP contribution < -0.4 is 5.32 Å². The smallest absolute Gasteiger partial charge is 0.126 e. The van der Waals surface area contributed by atoms with Gasteiger partial charge in [0.05, 0.1) is 0 Å². The van der Waals surface area contributed by atoms with Crippen LogP contribution in [-0.2, 0) is 6.42 Å². The molecule has 18 heavy (non-hydrogen) atoms. The van der Waals surface area contributed by atoms with Gasteiger partial charge >= 0.3 is 0 Å². The molecule has 0 aliphatic heterocycles. The molecule has 0 saturated heterocycles. The van der Waals surface area contributed by atoms with Gasteiger partial charge in [0.1, 0.15) is 5.82 Å². The molecule has 2 heteroatoms. The maximum atomic E-state index is 13.5. The Hall–Kier alpha value is -0.890. The predicted octanol–water partition coefficient (Wildman–Crippen LogP) is 4.32. The first-order valence-electron chi connectivity index (χ1n) is 7.18. The van der Waals surface area contributed by atoms with Crippen molar-refractivity contribution in [3.63, 3.8) is 0 Å². The van der Waals surface area contributed by atoms with Gasteiger partial charge in [-0.05, 0) is 31.5 Å². The Kier molecular flexibility index (Phi) is 7.66. The van der Waals surface area contributed by atoms with Gasteiger partial charge in [0.15, 0.2) is 0 Å². The van der Waals surface area contributed by atoms with Crippen LogP contribution in [0.1, 0.15) is 51.0 Å². The third-order valence-corrected chi connectivity index (χ3v) is 3.49. The average Bonchev–Trinajstić information content (AvgIpc) is 2.39. The first-order valence-corrected chi connectivity index (χ1v) is 7.18. The summed E-state index contributed by atoms with van der Waals surface area (Å²) in [6.07, 6.45) is 8.39. The second kappa shape index (κ2) is 9.09. The van der Waals surface area contributed by atoms with Crippen LogP contribution in [0.4, 0.5) is 4.39 Å². The van der Waals surface area contributed by atoms with Crippen molar-refractivity contribution in [3.8, 4) is 0 Å². The Morgan fingerprint density at radius 1 is 1.11 bits per heavy atom. The van der Waals surface area contributed by atoms with E-state index in [0.29, 0.717) is 6.04 Å². The lowest BCUT2D eigenvalue weighted by molar-refractivity contribution is 0.473. The second-order valence-electron chi connectivity index (χ2n) is 4.98. The molecular formula is C16H26FN. The van der Waals surface area contributed by atoms with Crippen LogP contribution in [0.2, 0.25) is 0 Å². The van der Waals surface area contributed by atoms with E-state index in [2.05, 4.69) is 12.2 Å². The van der Waals surface area contributed by atoms with E-state index < -0.39 is 0 Å². The third-order valence-electron chi connectivity index (χ3n) is 3.49. The highest BCUT2D eigenvalue weighted by atomic mass is 19.1. The highest BCUT2D eigenvalue weighted by Gasteiger charge is 2.09. The van der Waals surface area contributed by atoms with Crippen LogP contribution in [0.5, 0.6) is 0 Å². The minimum Gasteiger partial charge on any atom is -0.317 e. The summed E-state index contributed by atoms with van der Waals surface area (Å²) in [5.74, 6) is -0.0799. The maximum Gasteiger partial charge on any atom is 0.126 e. The second-order valence-corrected chi connectivity index (χ2v) is 4.98. The molecule has 0 heterocycles. The summed E-state index contributed by atoms with van der Waals surface area (Å²) in [4.78, 5) is 0. The highest BCUT2D eigenvalue weighted by molar-refractivity contribution is 5.18. The molecule has 1 unspecified atom stereocenters. The van der Waals surface area contributed by atoms with Crippen LogP contribution in [-0.4, -0.2) is 13.1 Å². The number of unbranched alkanes of at least 4 members (excludes halogenated alkanes) is 4. The zero-order valence-electron chi connectivity index (χ0n) is 11.7.